The second kappa shape index (κ2) is 6.17. The predicted octanol–water partition coefficient (Wildman–Crippen LogP) is 4.63. The van der Waals surface area contributed by atoms with E-state index in [9.17, 15) is 0 Å². The number of hydrogen-bond donors (Lipinski definition) is 0. The Balaban J connectivity index is 1.40. The van der Waals surface area contributed by atoms with Crippen LogP contribution in [0.1, 0.15) is 42.9 Å². The number of nitrogens with zero attached hydrogens (tertiary/aromatic N) is 1. The maximum Gasteiger partial charge on any atom is 0.122 e. The van der Waals surface area contributed by atoms with E-state index in [0.29, 0.717) is 0 Å². The van der Waals surface area contributed by atoms with Gasteiger partial charge in [-0.25, -0.2) is 0 Å². The topological polar surface area (TPSA) is 12.5 Å². The maximum absolute atomic E-state index is 5.64. The van der Waals surface area contributed by atoms with E-state index in [4.69, 9.17) is 4.74 Å². The van der Waals surface area contributed by atoms with Crippen molar-refractivity contribution in [1.29, 1.82) is 0 Å². The third kappa shape index (κ3) is 2.77. The van der Waals surface area contributed by atoms with Crippen LogP contribution in [-0.2, 0) is 19.3 Å². The molecule has 2 aromatic rings. The van der Waals surface area contributed by atoms with Crippen molar-refractivity contribution < 1.29 is 4.74 Å². The average molecular weight is 333 g/mol. The third-order valence-electron chi connectivity index (χ3n) is 6.50. The molecule has 0 N–H and O–H groups in total. The first-order chi connectivity index (χ1) is 12.3. The molecule has 0 bridgehead atoms. The van der Waals surface area contributed by atoms with Crippen molar-refractivity contribution in [3.05, 3.63) is 53.1 Å². The summed E-state index contributed by atoms with van der Waals surface area (Å²) in [5.41, 5.74) is 7.20. The first kappa shape index (κ1) is 15.5. The lowest BCUT2D eigenvalue weighted by Crippen LogP contribution is -2.41. The molecule has 0 spiro atoms. The van der Waals surface area contributed by atoms with Crippen LogP contribution in [-0.4, -0.2) is 30.1 Å². The summed E-state index contributed by atoms with van der Waals surface area (Å²) in [7, 11) is 0. The van der Waals surface area contributed by atoms with Crippen molar-refractivity contribution in [2.24, 2.45) is 0 Å². The molecule has 1 saturated heterocycles. The monoisotopic (exact) mass is 333 g/mol. The van der Waals surface area contributed by atoms with E-state index in [1.54, 1.807) is 11.1 Å². The van der Waals surface area contributed by atoms with Gasteiger partial charge in [0.2, 0.25) is 0 Å². The van der Waals surface area contributed by atoms with Crippen LogP contribution in [0.3, 0.4) is 0 Å². The van der Waals surface area contributed by atoms with Crippen molar-refractivity contribution in [2.45, 2.75) is 57.5 Å². The molecule has 2 unspecified atom stereocenters. The molecule has 2 heterocycles. The van der Waals surface area contributed by atoms with Crippen LogP contribution in [0.2, 0.25) is 0 Å². The minimum Gasteiger partial charge on any atom is -0.493 e. The molecule has 5 rings (SSSR count). The zero-order valence-electron chi connectivity index (χ0n) is 15.1. The molecule has 130 valence electrons. The molecule has 2 nitrogen and oxygen atoms in total. The molecule has 1 aliphatic carbocycles. The number of aryl methyl sites for hydroxylation is 1. The quantitative estimate of drug-likeness (QED) is 0.794. The van der Waals surface area contributed by atoms with Gasteiger partial charge in [-0.05, 0) is 85.5 Å². The molecular weight excluding hydrogens is 306 g/mol. The maximum atomic E-state index is 5.64. The van der Waals surface area contributed by atoms with Crippen molar-refractivity contribution in [1.82, 2.24) is 4.90 Å². The van der Waals surface area contributed by atoms with E-state index in [2.05, 4.69) is 48.2 Å². The van der Waals surface area contributed by atoms with Crippen molar-refractivity contribution >= 4 is 0 Å². The molecule has 0 amide bonds. The lowest BCUT2D eigenvalue weighted by atomic mass is 9.85. The fourth-order valence-electron chi connectivity index (χ4n) is 5.06. The lowest BCUT2D eigenvalue weighted by Gasteiger charge is -2.35. The van der Waals surface area contributed by atoms with E-state index < -0.39 is 0 Å². The fraction of sp³-hybridized carbons (Fsp3) is 0.478. The van der Waals surface area contributed by atoms with Crippen LogP contribution in [0.15, 0.2) is 36.4 Å². The summed E-state index contributed by atoms with van der Waals surface area (Å²) >= 11 is 0. The summed E-state index contributed by atoms with van der Waals surface area (Å²) in [5.74, 6) is 1.07. The van der Waals surface area contributed by atoms with Gasteiger partial charge in [-0.15, -0.1) is 0 Å². The summed E-state index contributed by atoms with van der Waals surface area (Å²) in [4.78, 5) is 2.76. The highest BCUT2D eigenvalue weighted by Gasteiger charge is 2.30. The highest BCUT2D eigenvalue weighted by molar-refractivity contribution is 5.67. The summed E-state index contributed by atoms with van der Waals surface area (Å²) in [6.45, 7) is 4.54. The van der Waals surface area contributed by atoms with Gasteiger partial charge in [0.15, 0.2) is 0 Å². The Morgan fingerprint density at radius 2 is 1.76 bits per heavy atom. The zero-order valence-corrected chi connectivity index (χ0v) is 15.1. The Morgan fingerprint density at radius 1 is 0.920 bits per heavy atom. The van der Waals surface area contributed by atoms with E-state index >= 15 is 0 Å². The standard InChI is InChI=1S/C23H27NO/c1-16-3-2-11-24(16)22-8-6-18-13-17(4-5-20(18)15-22)19-7-9-23-21(14-19)10-12-25-23/h4-5,7,9,13-14,16,22H,2-3,6,8,10-12,15H2,1H3. The molecule has 2 aromatic carbocycles. The van der Waals surface area contributed by atoms with Crippen molar-refractivity contribution in [3.63, 3.8) is 0 Å². The molecule has 1 fully saturated rings. The molecule has 25 heavy (non-hydrogen) atoms. The highest BCUT2D eigenvalue weighted by atomic mass is 16.5. The first-order valence-corrected chi connectivity index (χ1v) is 9.91. The Hall–Kier alpha value is -1.80. The van der Waals surface area contributed by atoms with Gasteiger partial charge >= 0.3 is 0 Å². The largest absolute Gasteiger partial charge is 0.493 e. The van der Waals surface area contributed by atoms with Gasteiger partial charge < -0.3 is 4.74 Å². The van der Waals surface area contributed by atoms with Crippen molar-refractivity contribution in [2.75, 3.05) is 13.2 Å². The molecule has 2 aliphatic heterocycles. The molecule has 0 radical (unpaired) electrons. The van der Waals surface area contributed by atoms with Gasteiger partial charge in [-0.3, -0.25) is 4.90 Å². The van der Waals surface area contributed by atoms with Gasteiger partial charge in [0.05, 0.1) is 6.61 Å². The Morgan fingerprint density at radius 3 is 2.60 bits per heavy atom. The predicted molar refractivity (Wildman–Crippen MR) is 102 cm³/mol. The smallest absolute Gasteiger partial charge is 0.122 e. The molecule has 0 aromatic heterocycles. The molecule has 2 atom stereocenters. The number of fused-ring (bicyclic) bond motifs is 2. The van der Waals surface area contributed by atoms with Gasteiger partial charge in [0, 0.05) is 18.5 Å². The first-order valence-electron chi connectivity index (χ1n) is 9.91. The normalized spacial score (nSPS) is 25.5. The fourth-order valence-corrected chi connectivity index (χ4v) is 5.06. The van der Waals surface area contributed by atoms with Gasteiger partial charge in [0.25, 0.3) is 0 Å². The second-order valence-electron chi connectivity index (χ2n) is 8.03. The number of likely N-dealkylation sites (tertiary alicyclic amines) is 1. The summed E-state index contributed by atoms with van der Waals surface area (Å²) in [6.07, 6.45) is 7.58. The molecule has 2 heteroatoms. The zero-order chi connectivity index (χ0) is 16.8. The van der Waals surface area contributed by atoms with Crippen LogP contribution in [0, 0.1) is 0 Å². The Labute approximate surface area is 150 Å². The van der Waals surface area contributed by atoms with E-state index in [0.717, 1.165) is 30.9 Å². The Bertz CT molecular complexity index is 797. The van der Waals surface area contributed by atoms with Gasteiger partial charge in [0.1, 0.15) is 5.75 Å². The number of rotatable bonds is 2. The van der Waals surface area contributed by atoms with Crippen LogP contribution in [0.5, 0.6) is 5.75 Å². The number of ether oxygens (including phenoxy) is 1. The van der Waals surface area contributed by atoms with Gasteiger partial charge in [-0.2, -0.15) is 0 Å². The van der Waals surface area contributed by atoms with Gasteiger partial charge in [-0.1, -0.05) is 24.3 Å². The summed E-state index contributed by atoms with van der Waals surface area (Å²) < 4.78 is 5.64. The lowest BCUT2D eigenvalue weighted by molar-refractivity contribution is 0.174. The molecule has 3 aliphatic rings. The molecule has 0 saturated carbocycles. The van der Waals surface area contributed by atoms with Crippen LogP contribution >= 0.6 is 0 Å². The van der Waals surface area contributed by atoms with E-state index in [-0.39, 0.29) is 0 Å². The number of hydrogen-bond acceptors (Lipinski definition) is 2. The Kier molecular flexibility index (Phi) is 3.82. The van der Waals surface area contributed by atoms with E-state index in [1.165, 1.54) is 55.3 Å². The van der Waals surface area contributed by atoms with E-state index in [1.807, 2.05) is 0 Å². The highest BCUT2D eigenvalue weighted by Crippen LogP contribution is 2.34. The third-order valence-corrected chi connectivity index (χ3v) is 6.50. The van der Waals surface area contributed by atoms with Crippen LogP contribution in [0.25, 0.3) is 11.1 Å². The summed E-state index contributed by atoms with van der Waals surface area (Å²) in [5, 5.41) is 0. The molecular formula is C23H27NO. The number of benzene rings is 2. The second-order valence-corrected chi connectivity index (χ2v) is 8.03. The minimum absolute atomic E-state index is 0.757. The summed E-state index contributed by atoms with van der Waals surface area (Å²) in [6, 6.07) is 15.4. The SMILES string of the molecule is CC1CCCN1C1CCc2cc(-c3ccc4c(c3)CCO4)ccc2C1. The van der Waals surface area contributed by atoms with Crippen LogP contribution in [0.4, 0.5) is 0 Å². The minimum atomic E-state index is 0.757. The van der Waals surface area contributed by atoms with Crippen LogP contribution < -0.4 is 4.74 Å². The average Bonchev–Trinajstić information content (AvgIpc) is 3.28. The van der Waals surface area contributed by atoms with Crippen molar-refractivity contribution in [3.8, 4) is 16.9 Å².